The Labute approximate surface area is 128 Å². The molecule has 0 aliphatic rings. The molecule has 0 aromatic heterocycles. The molecule has 0 spiro atoms. The van der Waals surface area contributed by atoms with Crippen LogP contribution in [0.2, 0.25) is 0 Å². The molecule has 0 bridgehead atoms. The van der Waals surface area contributed by atoms with Gasteiger partial charge in [-0.2, -0.15) is 0 Å². The van der Waals surface area contributed by atoms with Crippen LogP contribution in [0.4, 0.5) is 10.1 Å². The molecule has 2 aromatic rings. The average Bonchev–Trinajstić information content (AvgIpc) is 2.48. The van der Waals surface area contributed by atoms with Crippen LogP contribution in [-0.4, -0.2) is 21.2 Å². The van der Waals surface area contributed by atoms with E-state index in [-0.39, 0.29) is 11.4 Å². The van der Waals surface area contributed by atoms with Crippen LogP contribution in [0.5, 0.6) is 0 Å². The van der Waals surface area contributed by atoms with E-state index in [0.717, 1.165) is 4.90 Å². The van der Waals surface area contributed by atoms with E-state index in [9.17, 15) is 12.8 Å². The second-order valence-electron chi connectivity index (χ2n) is 4.33. The Morgan fingerprint density at radius 1 is 1.14 bits per heavy atom. The predicted molar refractivity (Wildman–Crippen MR) is 84.8 cm³/mol. The lowest BCUT2D eigenvalue weighted by molar-refractivity contribution is 0.591. The lowest BCUT2D eigenvalue weighted by atomic mass is 10.3. The van der Waals surface area contributed by atoms with Crippen LogP contribution >= 0.6 is 11.8 Å². The highest BCUT2D eigenvalue weighted by Gasteiger charge is 2.23. The fourth-order valence-corrected chi connectivity index (χ4v) is 3.87. The molecule has 0 saturated heterocycles. The zero-order valence-corrected chi connectivity index (χ0v) is 13.4. The maximum atomic E-state index is 13.3. The van der Waals surface area contributed by atoms with Gasteiger partial charge in [-0.15, -0.1) is 11.8 Å². The third-order valence-electron chi connectivity index (χ3n) is 3.03. The highest BCUT2D eigenvalue weighted by molar-refractivity contribution is 7.98. The third kappa shape index (κ3) is 3.39. The molecule has 0 saturated carbocycles. The minimum absolute atomic E-state index is 0.200. The summed E-state index contributed by atoms with van der Waals surface area (Å²) < 4.78 is 39.9. The lowest BCUT2D eigenvalue weighted by Gasteiger charge is -2.23. The van der Waals surface area contributed by atoms with Crippen molar-refractivity contribution in [2.45, 2.75) is 16.7 Å². The number of thioether (sulfide) groups is 1. The number of halogens is 1. The SMILES string of the molecule is CCN(c1cccc(F)c1)S(=O)(=O)c1ccc(SC)cc1. The van der Waals surface area contributed by atoms with Gasteiger partial charge in [0.15, 0.2) is 0 Å². The second kappa shape index (κ2) is 6.49. The molecule has 0 amide bonds. The van der Waals surface area contributed by atoms with Crippen LogP contribution in [-0.2, 0) is 10.0 Å². The van der Waals surface area contributed by atoms with Crippen molar-refractivity contribution in [2.24, 2.45) is 0 Å². The second-order valence-corrected chi connectivity index (χ2v) is 7.07. The zero-order chi connectivity index (χ0) is 15.5. The molecular weight excluding hydrogens is 309 g/mol. The van der Waals surface area contributed by atoms with Crippen molar-refractivity contribution in [3.05, 3.63) is 54.3 Å². The number of benzene rings is 2. The standard InChI is InChI=1S/C15H16FNO2S2/c1-3-17(13-6-4-5-12(16)11-13)21(18,19)15-9-7-14(20-2)8-10-15/h4-11H,3H2,1-2H3. The number of hydrogen-bond donors (Lipinski definition) is 0. The van der Waals surface area contributed by atoms with Crippen molar-refractivity contribution in [1.82, 2.24) is 0 Å². The summed E-state index contributed by atoms with van der Waals surface area (Å²) >= 11 is 1.54. The molecular formula is C15H16FNO2S2. The van der Waals surface area contributed by atoms with E-state index in [4.69, 9.17) is 0 Å². The van der Waals surface area contributed by atoms with E-state index >= 15 is 0 Å². The maximum absolute atomic E-state index is 13.3. The molecule has 0 aliphatic heterocycles. The number of nitrogens with zero attached hydrogens (tertiary/aromatic N) is 1. The molecule has 0 aliphatic carbocycles. The number of anilines is 1. The summed E-state index contributed by atoms with van der Waals surface area (Å²) in [5.74, 6) is -0.459. The van der Waals surface area contributed by atoms with Crippen molar-refractivity contribution in [2.75, 3.05) is 17.1 Å². The van der Waals surface area contributed by atoms with E-state index < -0.39 is 15.8 Å². The predicted octanol–water partition coefficient (Wildman–Crippen LogP) is 3.76. The first-order chi connectivity index (χ1) is 9.98. The monoisotopic (exact) mass is 325 g/mol. The molecule has 2 rings (SSSR count). The lowest BCUT2D eigenvalue weighted by Crippen LogP contribution is -2.30. The van der Waals surface area contributed by atoms with Gasteiger partial charge in [0, 0.05) is 11.4 Å². The molecule has 112 valence electrons. The first-order valence-corrected chi connectivity index (χ1v) is 9.08. The van der Waals surface area contributed by atoms with Crippen LogP contribution in [0.15, 0.2) is 58.3 Å². The number of hydrogen-bond acceptors (Lipinski definition) is 3. The molecule has 3 nitrogen and oxygen atoms in total. The van der Waals surface area contributed by atoms with Crippen LogP contribution < -0.4 is 4.31 Å². The molecule has 21 heavy (non-hydrogen) atoms. The Hall–Kier alpha value is -1.53. The Morgan fingerprint density at radius 2 is 1.81 bits per heavy atom. The van der Waals surface area contributed by atoms with E-state index in [1.54, 1.807) is 49.0 Å². The van der Waals surface area contributed by atoms with Gasteiger partial charge in [0.2, 0.25) is 0 Å². The van der Waals surface area contributed by atoms with Crippen molar-refractivity contribution >= 4 is 27.5 Å². The minimum Gasteiger partial charge on any atom is -0.267 e. The van der Waals surface area contributed by atoms with Crippen molar-refractivity contribution in [3.63, 3.8) is 0 Å². The normalized spacial score (nSPS) is 11.4. The van der Waals surface area contributed by atoms with Gasteiger partial charge in [0.25, 0.3) is 10.0 Å². The highest BCUT2D eigenvalue weighted by atomic mass is 32.2. The highest BCUT2D eigenvalue weighted by Crippen LogP contribution is 2.25. The van der Waals surface area contributed by atoms with Gasteiger partial charge in [-0.25, -0.2) is 12.8 Å². The van der Waals surface area contributed by atoms with Gasteiger partial charge in [-0.3, -0.25) is 4.31 Å². The Kier molecular flexibility index (Phi) is 4.90. The number of rotatable bonds is 5. The maximum Gasteiger partial charge on any atom is 0.264 e. The summed E-state index contributed by atoms with van der Waals surface area (Å²) in [6, 6.07) is 12.3. The molecule has 0 radical (unpaired) electrons. The summed E-state index contributed by atoms with van der Waals surface area (Å²) in [5.41, 5.74) is 0.325. The van der Waals surface area contributed by atoms with Crippen LogP contribution in [0, 0.1) is 5.82 Å². The van der Waals surface area contributed by atoms with Gasteiger partial charge in [0.05, 0.1) is 10.6 Å². The summed E-state index contributed by atoms with van der Waals surface area (Å²) in [4.78, 5) is 1.19. The summed E-state index contributed by atoms with van der Waals surface area (Å²) in [6.45, 7) is 1.95. The fourth-order valence-electron chi connectivity index (χ4n) is 2.00. The minimum atomic E-state index is -3.69. The smallest absolute Gasteiger partial charge is 0.264 e. The Bertz CT molecular complexity index is 715. The third-order valence-corrected chi connectivity index (χ3v) is 5.69. The van der Waals surface area contributed by atoms with Gasteiger partial charge < -0.3 is 0 Å². The van der Waals surface area contributed by atoms with Gasteiger partial charge in [-0.05, 0) is 55.6 Å². The molecule has 2 aromatic carbocycles. The van der Waals surface area contributed by atoms with Crippen LogP contribution in [0.3, 0.4) is 0 Å². The number of sulfonamides is 1. The topological polar surface area (TPSA) is 37.4 Å². The fraction of sp³-hybridized carbons (Fsp3) is 0.200. The van der Waals surface area contributed by atoms with Gasteiger partial charge >= 0.3 is 0 Å². The van der Waals surface area contributed by atoms with E-state index in [1.165, 1.54) is 22.5 Å². The van der Waals surface area contributed by atoms with E-state index in [2.05, 4.69) is 0 Å². The molecule has 0 heterocycles. The molecule has 0 fully saturated rings. The summed E-state index contributed by atoms with van der Waals surface area (Å²) in [5, 5.41) is 0. The zero-order valence-electron chi connectivity index (χ0n) is 11.8. The van der Waals surface area contributed by atoms with Gasteiger partial charge in [0.1, 0.15) is 5.82 Å². The molecule has 0 N–H and O–H groups in total. The van der Waals surface area contributed by atoms with E-state index in [1.807, 2.05) is 6.26 Å². The molecule has 0 unspecified atom stereocenters. The van der Waals surface area contributed by atoms with E-state index in [0.29, 0.717) is 5.69 Å². The molecule has 6 heteroatoms. The Morgan fingerprint density at radius 3 is 2.33 bits per heavy atom. The van der Waals surface area contributed by atoms with Crippen LogP contribution in [0.25, 0.3) is 0 Å². The van der Waals surface area contributed by atoms with Crippen molar-refractivity contribution in [3.8, 4) is 0 Å². The van der Waals surface area contributed by atoms with Crippen molar-refractivity contribution < 1.29 is 12.8 Å². The first-order valence-electron chi connectivity index (χ1n) is 6.41. The Balaban J connectivity index is 2.44. The van der Waals surface area contributed by atoms with Gasteiger partial charge in [-0.1, -0.05) is 6.07 Å². The first kappa shape index (κ1) is 15.9. The largest absolute Gasteiger partial charge is 0.267 e. The quantitative estimate of drug-likeness (QED) is 0.786. The summed E-state index contributed by atoms with van der Waals surface area (Å²) in [6.07, 6.45) is 1.93. The summed E-state index contributed by atoms with van der Waals surface area (Å²) in [7, 11) is -3.69. The van der Waals surface area contributed by atoms with Crippen molar-refractivity contribution in [1.29, 1.82) is 0 Å². The molecule has 0 atom stereocenters. The average molecular weight is 325 g/mol. The van der Waals surface area contributed by atoms with Crippen LogP contribution in [0.1, 0.15) is 6.92 Å².